The smallest absolute Gasteiger partial charge is 0.305 e. The molecule has 0 rings (SSSR count). The van der Waals surface area contributed by atoms with E-state index in [2.05, 4.69) is 19.2 Å². The lowest BCUT2D eigenvalue weighted by molar-refractivity contribution is -0.143. The number of rotatable bonds is 70. The Hall–Kier alpha value is -1.40. The third-order valence-corrected chi connectivity index (χ3v) is 17.6. The van der Waals surface area contributed by atoms with Crippen molar-refractivity contribution >= 4 is 11.9 Å². The summed E-state index contributed by atoms with van der Waals surface area (Å²) in [6, 6.07) is -0.624. The molecular weight excluding hydrogens is 983 g/mol. The molecule has 2 unspecified atom stereocenters. The van der Waals surface area contributed by atoms with E-state index in [0.717, 1.165) is 38.5 Å². The lowest BCUT2D eigenvalue weighted by Crippen LogP contribution is -2.45. The maximum Gasteiger partial charge on any atom is 0.305 e. The van der Waals surface area contributed by atoms with Crippen molar-refractivity contribution in [1.82, 2.24) is 5.32 Å². The van der Waals surface area contributed by atoms with Crippen LogP contribution in [-0.2, 0) is 14.3 Å². The second kappa shape index (κ2) is 70.1. The summed E-state index contributed by atoms with van der Waals surface area (Å²) < 4.78 is 5.49. The number of allylic oxidation sites excluding steroid dienone is 1. The number of aliphatic hydroxyl groups is 2. The van der Waals surface area contributed by atoms with Crippen LogP contribution in [-0.4, -0.2) is 47.4 Å². The summed E-state index contributed by atoms with van der Waals surface area (Å²) in [5, 5.41) is 23.2. The highest BCUT2D eigenvalue weighted by molar-refractivity contribution is 5.76. The van der Waals surface area contributed by atoms with Gasteiger partial charge in [-0.15, -0.1) is 0 Å². The number of hydrogen-bond acceptors (Lipinski definition) is 5. The first kappa shape index (κ1) is 78.6. The van der Waals surface area contributed by atoms with Crippen LogP contribution in [0.5, 0.6) is 0 Å². The van der Waals surface area contributed by atoms with Gasteiger partial charge in [0.2, 0.25) is 5.91 Å². The maximum absolute atomic E-state index is 12.5. The minimum atomic E-state index is -0.841. The molecule has 6 nitrogen and oxygen atoms in total. The normalized spacial score (nSPS) is 12.5. The average Bonchev–Trinajstić information content (AvgIpc) is 3.46. The lowest BCUT2D eigenvalue weighted by atomic mass is 10.0. The van der Waals surface area contributed by atoms with Crippen molar-refractivity contribution in [1.29, 1.82) is 0 Å². The molecule has 476 valence electrons. The molecule has 0 aliphatic heterocycles. The van der Waals surface area contributed by atoms with E-state index in [4.69, 9.17) is 4.74 Å². The number of carbonyl (C=O) groups is 2. The quantitative estimate of drug-likeness (QED) is 0.0320. The lowest BCUT2D eigenvalue weighted by Gasteiger charge is -2.20. The number of nitrogens with one attached hydrogen (secondary N) is 1. The van der Waals surface area contributed by atoms with Gasteiger partial charge in [0.1, 0.15) is 0 Å². The molecular formula is C74H145NO5. The van der Waals surface area contributed by atoms with Gasteiger partial charge in [0.15, 0.2) is 0 Å². The third kappa shape index (κ3) is 65.7. The van der Waals surface area contributed by atoms with Gasteiger partial charge in [0.25, 0.3) is 0 Å². The highest BCUT2D eigenvalue weighted by atomic mass is 16.5. The van der Waals surface area contributed by atoms with E-state index in [1.54, 1.807) is 6.08 Å². The van der Waals surface area contributed by atoms with Gasteiger partial charge in [0, 0.05) is 12.8 Å². The zero-order valence-electron chi connectivity index (χ0n) is 54.6. The molecule has 0 aliphatic carbocycles. The van der Waals surface area contributed by atoms with Crippen molar-refractivity contribution < 1.29 is 24.5 Å². The summed E-state index contributed by atoms with van der Waals surface area (Å²) in [5.41, 5.74) is 0. The number of hydrogen-bond donors (Lipinski definition) is 3. The zero-order chi connectivity index (χ0) is 57.8. The first-order valence-corrected chi connectivity index (χ1v) is 37.0. The Morgan fingerprint density at radius 2 is 0.575 bits per heavy atom. The predicted octanol–water partition coefficient (Wildman–Crippen LogP) is 23.9. The molecule has 0 aliphatic rings. The van der Waals surface area contributed by atoms with Gasteiger partial charge >= 0.3 is 5.97 Å². The third-order valence-electron chi connectivity index (χ3n) is 17.6. The van der Waals surface area contributed by atoms with Gasteiger partial charge in [-0.05, 0) is 32.1 Å². The molecule has 0 radical (unpaired) electrons. The van der Waals surface area contributed by atoms with Crippen LogP contribution < -0.4 is 5.32 Å². The molecule has 0 heterocycles. The van der Waals surface area contributed by atoms with Crippen LogP contribution in [0.4, 0.5) is 0 Å². The van der Waals surface area contributed by atoms with Crippen molar-refractivity contribution in [3.8, 4) is 0 Å². The summed E-state index contributed by atoms with van der Waals surface area (Å²) in [7, 11) is 0. The number of unbranched alkanes of at least 4 members (excludes halogenated alkanes) is 59. The van der Waals surface area contributed by atoms with Crippen LogP contribution in [0.15, 0.2) is 12.2 Å². The topological polar surface area (TPSA) is 95.9 Å². The van der Waals surface area contributed by atoms with Crippen LogP contribution in [0.25, 0.3) is 0 Å². The highest BCUT2D eigenvalue weighted by Gasteiger charge is 2.18. The molecule has 0 aromatic rings. The van der Waals surface area contributed by atoms with Crippen LogP contribution in [0, 0.1) is 0 Å². The van der Waals surface area contributed by atoms with E-state index in [1.807, 2.05) is 6.08 Å². The molecule has 0 bridgehead atoms. The monoisotopic (exact) mass is 1130 g/mol. The Labute approximate surface area is 501 Å². The van der Waals surface area contributed by atoms with Gasteiger partial charge in [-0.1, -0.05) is 392 Å². The highest BCUT2D eigenvalue weighted by Crippen LogP contribution is 2.20. The number of esters is 1. The summed E-state index contributed by atoms with van der Waals surface area (Å²) >= 11 is 0. The van der Waals surface area contributed by atoms with Gasteiger partial charge in [-0.25, -0.2) is 0 Å². The minimum Gasteiger partial charge on any atom is -0.466 e. The molecule has 1 amide bonds. The standard InChI is InChI=1S/C74H145NO5/c1-3-5-7-9-11-13-15-17-18-19-36-39-43-46-50-54-58-62-66-72(77)71(70-76)75-73(78)67-63-59-55-51-47-44-40-37-34-32-30-28-26-24-22-20-21-23-25-27-29-31-33-35-38-41-45-49-53-57-61-65-69-80-74(79)68-64-60-56-52-48-42-16-14-12-10-8-6-4-2/h62,66,71-72,76-77H,3-61,63-65,67-70H2,1-2H3,(H,75,78)/b66-62+. The molecule has 0 fully saturated rings. The first-order valence-electron chi connectivity index (χ1n) is 37.0. The van der Waals surface area contributed by atoms with Crippen LogP contribution in [0.2, 0.25) is 0 Å². The van der Waals surface area contributed by atoms with Gasteiger partial charge < -0.3 is 20.3 Å². The predicted molar refractivity (Wildman–Crippen MR) is 352 cm³/mol. The Kier molecular flexibility index (Phi) is 68.9. The van der Waals surface area contributed by atoms with E-state index < -0.39 is 12.1 Å². The maximum atomic E-state index is 12.5. The largest absolute Gasteiger partial charge is 0.466 e. The molecule has 0 saturated heterocycles. The van der Waals surface area contributed by atoms with Crippen molar-refractivity contribution in [3.05, 3.63) is 12.2 Å². The van der Waals surface area contributed by atoms with Crippen molar-refractivity contribution in [2.24, 2.45) is 0 Å². The van der Waals surface area contributed by atoms with E-state index in [1.165, 1.54) is 360 Å². The van der Waals surface area contributed by atoms with E-state index in [9.17, 15) is 19.8 Å². The summed E-state index contributed by atoms with van der Waals surface area (Å²) in [6.07, 6.45) is 87.4. The van der Waals surface area contributed by atoms with Crippen molar-refractivity contribution in [2.75, 3.05) is 13.2 Å². The first-order chi connectivity index (χ1) is 39.5. The number of aliphatic hydroxyl groups excluding tert-OH is 2. The fraction of sp³-hybridized carbons (Fsp3) is 0.946. The Morgan fingerprint density at radius 3 is 0.850 bits per heavy atom. The number of amides is 1. The average molecular weight is 1130 g/mol. The Morgan fingerprint density at radius 1 is 0.338 bits per heavy atom. The van der Waals surface area contributed by atoms with Crippen molar-refractivity contribution in [3.63, 3.8) is 0 Å². The van der Waals surface area contributed by atoms with Crippen LogP contribution in [0.3, 0.4) is 0 Å². The van der Waals surface area contributed by atoms with E-state index in [0.29, 0.717) is 19.4 Å². The SMILES string of the molecule is CCCCCCCCCCCCCCCCCC/C=C/C(O)C(CO)NC(=O)CCCCCCCCCCCCCCCCCCCCCCCCCCCCCCCCCCOC(=O)CCCCCCCCCCCCCCC. The molecule has 0 aromatic heterocycles. The van der Waals surface area contributed by atoms with Crippen LogP contribution in [0.1, 0.15) is 425 Å². The second-order valence-electron chi connectivity index (χ2n) is 25.6. The van der Waals surface area contributed by atoms with Crippen molar-refractivity contribution in [2.45, 2.75) is 437 Å². The number of ether oxygens (including phenoxy) is 1. The van der Waals surface area contributed by atoms with Gasteiger partial charge in [-0.2, -0.15) is 0 Å². The molecule has 3 N–H and O–H groups in total. The summed E-state index contributed by atoms with van der Waals surface area (Å²) in [5.74, 6) is -0.0358. The minimum absolute atomic E-state index is 0.0234. The molecule has 0 aromatic carbocycles. The molecule has 0 saturated carbocycles. The summed E-state index contributed by atoms with van der Waals surface area (Å²) in [6.45, 7) is 4.95. The Balaban J connectivity index is 3.33. The molecule has 6 heteroatoms. The molecule has 0 spiro atoms. The zero-order valence-corrected chi connectivity index (χ0v) is 54.6. The fourth-order valence-corrected chi connectivity index (χ4v) is 11.9. The van der Waals surface area contributed by atoms with Gasteiger partial charge in [0.05, 0.1) is 25.4 Å². The molecule has 80 heavy (non-hydrogen) atoms. The Bertz CT molecular complexity index is 1210. The number of carbonyl (C=O) groups excluding carboxylic acids is 2. The summed E-state index contributed by atoms with van der Waals surface area (Å²) in [4.78, 5) is 24.6. The van der Waals surface area contributed by atoms with Crippen LogP contribution >= 0.6 is 0 Å². The molecule has 2 atom stereocenters. The van der Waals surface area contributed by atoms with E-state index in [-0.39, 0.29) is 18.5 Å². The fourth-order valence-electron chi connectivity index (χ4n) is 11.9. The van der Waals surface area contributed by atoms with E-state index >= 15 is 0 Å². The van der Waals surface area contributed by atoms with Gasteiger partial charge in [-0.3, -0.25) is 9.59 Å². The second-order valence-corrected chi connectivity index (χ2v) is 25.6.